The van der Waals surface area contributed by atoms with E-state index in [9.17, 15) is 4.79 Å². The molecular formula is C12H11NO. The van der Waals surface area contributed by atoms with Crippen LogP contribution in [0.5, 0.6) is 0 Å². The molecular weight excluding hydrogens is 174 g/mol. The van der Waals surface area contributed by atoms with Crippen LogP contribution >= 0.6 is 0 Å². The number of hydrogen-bond donors (Lipinski definition) is 0. The Kier molecular flexibility index (Phi) is 2.32. The second kappa shape index (κ2) is 3.63. The molecule has 2 rings (SSSR count). The van der Waals surface area contributed by atoms with Crippen molar-refractivity contribution in [3.63, 3.8) is 0 Å². The fourth-order valence-electron chi connectivity index (χ4n) is 1.89. The molecule has 0 aromatic heterocycles. The van der Waals surface area contributed by atoms with Crippen LogP contribution in [0.3, 0.4) is 0 Å². The van der Waals surface area contributed by atoms with Crippen molar-refractivity contribution in [1.29, 1.82) is 5.26 Å². The summed E-state index contributed by atoms with van der Waals surface area (Å²) >= 11 is 0. The molecule has 1 unspecified atom stereocenters. The molecule has 0 spiro atoms. The summed E-state index contributed by atoms with van der Waals surface area (Å²) in [5, 5.41) is 8.81. The first-order valence-corrected chi connectivity index (χ1v) is 4.82. The molecule has 0 saturated carbocycles. The van der Waals surface area contributed by atoms with Crippen LogP contribution in [0, 0.1) is 17.2 Å². The highest BCUT2D eigenvalue weighted by molar-refractivity contribution is 5.98. The molecule has 1 aromatic rings. The standard InChI is InChI=1S/C12H11NO/c13-8-9-5-6-10-3-1-2-4-11(10)12(14)7-9/h1-4,9H,5-7H2. The molecule has 0 amide bonds. The SMILES string of the molecule is N#CC1CCc2ccccc2C(=O)C1. The largest absolute Gasteiger partial charge is 0.294 e. The summed E-state index contributed by atoms with van der Waals surface area (Å²) in [5.74, 6) is 0.0135. The zero-order valence-electron chi connectivity index (χ0n) is 7.86. The Balaban J connectivity index is 2.37. The van der Waals surface area contributed by atoms with E-state index in [1.165, 1.54) is 0 Å². The predicted molar refractivity (Wildman–Crippen MR) is 52.8 cm³/mol. The molecule has 0 saturated heterocycles. The van der Waals surface area contributed by atoms with Gasteiger partial charge in [0, 0.05) is 12.0 Å². The second-order valence-electron chi connectivity index (χ2n) is 3.65. The molecule has 0 N–H and O–H groups in total. The molecule has 0 radical (unpaired) electrons. The van der Waals surface area contributed by atoms with Crippen LogP contribution in [0.15, 0.2) is 24.3 Å². The number of benzene rings is 1. The van der Waals surface area contributed by atoms with Crippen LogP contribution in [0.4, 0.5) is 0 Å². The van der Waals surface area contributed by atoms with Crippen LogP contribution in [-0.2, 0) is 6.42 Å². The van der Waals surface area contributed by atoms with Gasteiger partial charge in [-0.3, -0.25) is 4.79 Å². The molecule has 1 aliphatic carbocycles. The van der Waals surface area contributed by atoms with Gasteiger partial charge in [0.05, 0.1) is 12.0 Å². The lowest BCUT2D eigenvalue weighted by Gasteiger charge is -2.01. The lowest BCUT2D eigenvalue weighted by atomic mass is 10.0. The van der Waals surface area contributed by atoms with Gasteiger partial charge in [-0.25, -0.2) is 0 Å². The van der Waals surface area contributed by atoms with E-state index in [2.05, 4.69) is 6.07 Å². The van der Waals surface area contributed by atoms with Gasteiger partial charge < -0.3 is 0 Å². The van der Waals surface area contributed by atoms with Crippen LogP contribution < -0.4 is 0 Å². The summed E-state index contributed by atoms with van der Waals surface area (Å²) in [7, 11) is 0. The molecule has 1 atom stereocenters. The predicted octanol–water partition coefficient (Wildman–Crippen LogP) is 2.35. The molecule has 1 aliphatic rings. The summed E-state index contributed by atoms with van der Waals surface area (Å²) in [6.45, 7) is 0. The summed E-state index contributed by atoms with van der Waals surface area (Å²) < 4.78 is 0. The van der Waals surface area contributed by atoms with E-state index in [0.717, 1.165) is 24.0 Å². The number of Topliss-reactive ketones (excluding diaryl/α,β-unsaturated/α-hetero) is 1. The van der Waals surface area contributed by atoms with E-state index < -0.39 is 0 Å². The van der Waals surface area contributed by atoms with Crippen molar-refractivity contribution >= 4 is 5.78 Å². The zero-order valence-corrected chi connectivity index (χ0v) is 7.86. The minimum Gasteiger partial charge on any atom is -0.294 e. The fraction of sp³-hybridized carbons (Fsp3) is 0.333. The Hall–Kier alpha value is -1.62. The minimum atomic E-state index is -0.102. The van der Waals surface area contributed by atoms with Crippen molar-refractivity contribution in [1.82, 2.24) is 0 Å². The van der Waals surface area contributed by atoms with Gasteiger partial charge in [-0.05, 0) is 18.4 Å². The van der Waals surface area contributed by atoms with Crippen LogP contribution in [0.1, 0.15) is 28.8 Å². The van der Waals surface area contributed by atoms with Gasteiger partial charge in [-0.15, -0.1) is 0 Å². The molecule has 70 valence electrons. The second-order valence-corrected chi connectivity index (χ2v) is 3.65. The number of hydrogen-bond acceptors (Lipinski definition) is 2. The third kappa shape index (κ3) is 1.54. The minimum absolute atomic E-state index is 0.102. The van der Waals surface area contributed by atoms with Crippen molar-refractivity contribution in [3.8, 4) is 6.07 Å². The highest BCUT2D eigenvalue weighted by atomic mass is 16.1. The number of carbonyl (C=O) groups is 1. The monoisotopic (exact) mass is 185 g/mol. The molecule has 0 aliphatic heterocycles. The average molecular weight is 185 g/mol. The molecule has 0 heterocycles. The van der Waals surface area contributed by atoms with E-state index in [-0.39, 0.29) is 11.7 Å². The van der Waals surface area contributed by atoms with Gasteiger partial charge in [-0.2, -0.15) is 5.26 Å². The maximum Gasteiger partial charge on any atom is 0.164 e. The number of nitrogens with zero attached hydrogens (tertiary/aromatic N) is 1. The Bertz CT molecular complexity index is 403. The maximum atomic E-state index is 11.7. The number of aryl methyl sites for hydroxylation is 1. The quantitative estimate of drug-likeness (QED) is 0.582. The fourth-order valence-corrected chi connectivity index (χ4v) is 1.89. The zero-order chi connectivity index (χ0) is 9.97. The first kappa shape index (κ1) is 8.96. The Morgan fingerprint density at radius 2 is 2.14 bits per heavy atom. The Labute approximate surface area is 83.2 Å². The van der Waals surface area contributed by atoms with Gasteiger partial charge in [0.1, 0.15) is 0 Å². The van der Waals surface area contributed by atoms with Gasteiger partial charge >= 0.3 is 0 Å². The molecule has 0 fully saturated rings. The molecule has 14 heavy (non-hydrogen) atoms. The van der Waals surface area contributed by atoms with Crippen molar-refractivity contribution in [2.75, 3.05) is 0 Å². The van der Waals surface area contributed by atoms with Crippen LogP contribution in [0.2, 0.25) is 0 Å². The van der Waals surface area contributed by atoms with Crippen molar-refractivity contribution < 1.29 is 4.79 Å². The smallest absolute Gasteiger partial charge is 0.164 e. The summed E-state index contributed by atoms with van der Waals surface area (Å²) in [4.78, 5) is 11.7. The van der Waals surface area contributed by atoms with Gasteiger partial charge in [-0.1, -0.05) is 24.3 Å². The number of carbonyl (C=O) groups excluding carboxylic acids is 1. The Morgan fingerprint density at radius 1 is 1.36 bits per heavy atom. The molecule has 0 bridgehead atoms. The Morgan fingerprint density at radius 3 is 2.93 bits per heavy atom. The van der Waals surface area contributed by atoms with Gasteiger partial charge in [0.15, 0.2) is 5.78 Å². The highest BCUT2D eigenvalue weighted by Gasteiger charge is 2.21. The lowest BCUT2D eigenvalue weighted by Crippen LogP contribution is -2.04. The summed E-state index contributed by atoms with van der Waals surface area (Å²) in [6, 6.07) is 9.85. The van der Waals surface area contributed by atoms with Gasteiger partial charge in [0.2, 0.25) is 0 Å². The third-order valence-electron chi connectivity index (χ3n) is 2.69. The highest BCUT2D eigenvalue weighted by Crippen LogP contribution is 2.23. The number of fused-ring (bicyclic) bond motifs is 1. The first-order valence-electron chi connectivity index (χ1n) is 4.82. The average Bonchev–Trinajstić information content (AvgIpc) is 2.39. The third-order valence-corrected chi connectivity index (χ3v) is 2.69. The normalized spacial score (nSPS) is 20.8. The molecule has 2 nitrogen and oxygen atoms in total. The van der Waals surface area contributed by atoms with Crippen LogP contribution in [-0.4, -0.2) is 5.78 Å². The van der Waals surface area contributed by atoms with E-state index in [4.69, 9.17) is 5.26 Å². The van der Waals surface area contributed by atoms with E-state index in [0.29, 0.717) is 6.42 Å². The van der Waals surface area contributed by atoms with E-state index >= 15 is 0 Å². The number of ketones is 1. The van der Waals surface area contributed by atoms with E-state index in [1.54, 1.807) is 0 Å². The maximum absolute atomic E-state index is 11.7. The summed E-state index contributed by atoms with van der Waals surface area (Å²) in [5.41, 5.74) is 1.90. The topological polar surface area (TPSA) is 40.9 Å². The van der Waals surface area contributed by atoms with Crippen LogP contribution in [0.25, 0.3) is 0 Å². The van der Waals surface area contributed by atoms with Crippen molar-refractivity contribution in [3.05, 3.63) is 35.4 Å². The number of rotatable bonds is 0. The number of nitriles is 1. The van der Waals surface area contributed by atoms with Crippen molar-refractivity contribution in [2.24, 2.45) is 5.92 Å². The first-order chi connectivity index (χ1) is 6.81. The summed E-state index contributed by atoms with van der Waals surface area (Å²) in [6.07, 6.45) is 2.03. The molecule has 1 aromatic carbocycles. The lowest BCUT2D eigenvalue weighted by molar-refractivity contribution is 0.0972. The van der Waals surface area contributed by atoms with Crippen molar-refractivity contribution in [2.45, 2.75) is 19.3 Å². The van der Waals surface area contributed by atoms with Gasteiger partial charge in [0.25, 0.3) is 0 Å². The van der Waals surface area contributed by atoms with E-state index in [1.807, 2.05) is 24.3 Å². The molecule has 2 heteroatoms.